The Balaban J connectivity index is 2.37. The molecule has 0 radical (unpaired) electrons. The summed E-state index contributed by atoms with van der Waals surface area (Å²) in [4.78, 5) is 26.6. The maximum absolute atomic E-state index is 12.7. The Hall–Kier alpha value is -1.80. The molecule has 0 spiro atoms. The minimum Gasteiger partial charge on any atom is -0.478 e. The SMILES string of the molecule is O=C(Nc1c(Br)cc(Br)cc1C(=O)O)c1ccc(F)nc1. The van der Waals surface area contributed by atoms with Crippen molar-refractivity contribution in [1.29, 1.82) is 0 Å². The Labute approximate surface area is 135 Å². The highest BCUT2D eigenvalue weighted by Gasteiger charge is 2.17. The van der Waals surface area contributed by atoms with E-state index in [4.69, 9.17) is 0 Å². The minimum atomic E-state index is -1.19. The molecule has 5 nitrogen and oxygen atoms in total. The Morgan fingerprint density at radius 2 is 1.95 bits per heavy atom. The first-order valence-corrected chi connectivity index (χ1v) is 7.12. The van der Waals surface area contributed by atoms with Gasteiger partial charge < -0.3 is 10.4 Å². The molecule has 2 rings (SSSR count). The summed E-state index contributed by atoms with van der Waals surface area (Å²) < 4.78 is 13.7. The summed E-state index contributed by atoms with van der Waals surface area (Å²) in [6.07, 6.45) is 1.07. The summed E-state index contributed by atoms with van der Waals surface area (Å²) >= 11 is 6.37. The number of amides is 1. The topological polar surface area (TPSA) is 79.3 Å². The van der Waals surface area contributed by atoms with Gasteiger partial charge in [-0.3, -0.25) is 4.79 Å². The molecule has 0 aliphatic heterocycles. The molecule has 2 aromatic rings. The molecule has 0 saturated carbocycles. The number of nitrogens with one attached hydrogen (secondary N) is 1. The van der Waals surface area contributed by atoms with Crippen LogP contribution in [0.4, 0.5) is 10.1 Å². The Morgan fingerprint density at radius 1 is 1.24 bits per heavy atom. The summed E-state index contributed by atoms with van der Waals surface area (Å²) in [5.74, 6) is -2.49. The smallest absolute Gasteiger partial charge is 0.337 e. The van der Waals surface area contributed by atoms with E-state index in [2.05, 4.69) is 42.2 Å². The van der Waals surface area contributed by atoms with Gasteiger partial charge in [0.2, 0.25) is 5.95 Å². The van der Waals surface area contributed by atoms with Gasteiger partial charge in [-0.2, -0.15) is 4.39 Å². The molecule has 21 heavy (non-hydrogen) atoms. The zero-order chi connectivity index (χ0) is 15.6. The van der Waals surface area contributed by atoms with Crippen molar-refractivity contribution in [3.8, 4) is 0 Å². The molecule has 0 unspecified atom stereocenters. The predicted molar refractivity (Wildman–Crippen MR) is 80.9 cm³/mol. The minimum absolute atomic E-state index is 0.0836. The van der Waals surface area contributed by atoms with Crippen molar-refractivity contribution >= 4 is 49.4 Å². The molecule has 1 amide bonds. The number of benzene rings is 1. The van der Waals surface area contributed by atoms with Gasteiger partial charge in [-0.25, -0.2) is 9.78 Å². The molecule has 1 heterocycles. The lowest BCUT2D eigenvalue weighted by Crippen LogP contribution is -2.15. The van der Waals surface area contributed by atoms with Crippen LogP contribution in [0.25, 0.3) is 0 Å². The number of carbonyl (C=O) groups is 2. The molecule has 0 fully saturated rings. The average molecular weight is 418 g/mol. The van der Waals surface area contributed by atoms with E-state index in [0.717, 1.165) is 12.3 Å². The van der Waals surface area contributed by atoms with E-state index in [1.807, 2.05) is 0 Å². The molecule has 0 atom stereocenters. The second-order valence-corrected chi connectivity index (χ2v) is 5.71. The summed E-state index contributed by atoms with van der Waals surface area (Å²) in [6, 6.07) is 5.27. The molecular formula is C13H7Br2FN2O3. The Kier molecular flexibility index (Phi) is 4.69. The molecule has 0 saturated heterocycles. The molecule has 0 aliphatic rings. The van der Waals surface area contributed by atoms with Gasteiger partial charge in [0.15, 0.2) is 0 Å². The highest BCUT2D eigenvalue weighted by Crippen LogP contribution is 2.31. The van der Waals surface area contributed by atoms with Gasteiger partial charge in [-0.05, 0) is 40.2 Å². The second-order valence-electron chi connectivity index (χ2n) is 3.94. The number of pyridine rings is 1. The van der Waals surface area contributed by atoms with E-state index in [0.29, 0.717) is 8.95 Å². The Bertz CT molecular complexity index is 720. The van der Waals surface area contributed by atoms with Crippen LogP contribution in [0.5, 0.6) is 0 Å². The lowest BCUT2D eigenvalue weighted by Gasteiger charge is -2.11. The van der Waals surface area contributed by atoms with Gasteiger partial charge in [-0.1, -0.05) is 15.9 Å². The van der Waals surface area contributed by atoms with E-state index in [1.54, 1.807) is 6.07 Å². The molecule has 1 aromatic heterocycles. The third-order valence-corrected chi connectivity index (χ3v) is 3.60. The maximum atomic E-state index is 12.7. The molecule has 0 bridgehead atoms. The second kappa shape index (κ2) is 6.31. The number of anilines is 1. The molecule has 108 valence electrons. The van der Waals surface area contributed by atoms with Crippen LogP contribution < -0.4 is 5.32 Å². The standard InChI is InChI=1S/C13H7Br2FN2O3/c14-7-3-8(13(20)21)11(9(15)4-7)18-12(19)6-1-2-10(16)17-5-6/h1-5H,(H,18,19)(H,20,21). The van der Waals surface area contributed by atoms with E-state index in [9.17, 15) is 19.1 Å². The van der Waals surface area contributed by atoms with Gasteiger partial charge in [0.1, 0.15) is 0 Å². The zero-order valence-corrected chi connectivity index (χ0v) is 13.4. The first-order chi connectivity index (χ1) is 9.88. The van der Waals surface area contributed by atoms with Crippen molar-refractivity contribution in [1.82, 2.24) is 4.98 Å². The van der Waals surface area contributed by atoms with Gasteiger partial charge in [0.05, 0.1) is 16.8 Å². The van der Waals surface area contributed by atoms with Crippen molar-refractivity contribution in [2.45, 2.75) is 0 Å². The lowest BCUT2D eigenvalue weighted by molar-refractivity contribution is 0.0698. The number of halogens is 3. The molecule has 1 aromatic carbocycles. The van der Waals surface area contributed by atoms with Crippen LogP contribution >= 0.6 is 31.9 Å². The first kappa shape index (κ1) is 15.6. The van der Waals surface area contributed by atoms with E-state index in [-0.39, 0.29) is 16.8 Å². The number of carbonyl (C=O) groups excluding carboxylic acids is 1. The fourth-order valence-corrected chi connectivity index (χ4v) is 2.89. The number of hydrogen-bond donors (Lipinski definition) is 2. The van der Waals surface area contributed by atoms with Crippen molar-refractivity contribution in [3.05, 3.63) is 56.5 Å². The third-order valence-electron chi connectivity index (χ3n) is 2.51. The van der Waals surface area contributed by atoms with Crippen molar-refractivity contribution < 1.29 is 19.1 Å². The number of hydrogen-bond acceptors (Lipinski definition) is 3. The fourth-order valence-electron chi connectivity index (χ4n) is 1.57. The van der Waals surface area contributed by atoms with Crippen LogP contribution in [0, 0.1) is 5.95 Å². The van der Waals surface area contributed by atoms with Crippen molar-refractivity contribution in [3.63, 3.8) is 0 Å². The number of aromatic nitrogens is 1. The zero-order valence-electron chi connectivity index (χ0n) is 10.2. The number of carboxylic acid groups (broad SMARTS) is 1. The first-order valence-electron chi connectivity index (χ1n) is 5.53. The molecule has 8 heteroatoms. The van der Waals surface area contributed by atoms with E-state index < -0.39 is 17.8 Å². The van der Waals surface area contributed by atoms with E-state index in [1.165, 1.54) is 12.1 Å². The number of rotatable bonds is 3. The highest BCUT2D eigenvalue weighted by atomic mass is 79.9. The largest absolute Gasteiger partial charge is 0.478 e. The van der Waals surface area contributed by atoms with E-state index >= 15 is 0 Å². The highest BCUT2D eigenvalue weighted by molar-refractivity contribution is 9.11. The number of carboxylic acids is 1. The normalized spacial score (nSPS) is 10.2. The number of aromatic carboxylic acids is 1. The molecule has 0 aliphatic carbocycles. The van der Waals surface area contributed by atoms with Crippen LogP contribution in [0.3, 0.4) is 0 Å². The van der Waals surface area contributed by atoms with Crippen LogP contribution in [-0.2, 0) is 0 Å². The maximum Gasteiger partial charge on any atom is 0.337 e. The van der Waals surface area contributed by atoms with Gasteiger partial charge in [0, 0.05) is 15.1 Å². The van der Waals surface area contributed by atoms with Gasteiger partial charge in [-0.15, -0.1) is 0 Å². The quantitative estimate of drug-likeness (QED) is 0.746. The third kappa shape index (κ3) is 3.64. The van der Waals surface area contributed by atoms with Crippen LogP contribution in [0.15, 0.2) is 39.4 Å². The molecule has 2 N–H and O–H groups in total. The van der Waals surface area contributed by atoms with Crippen LogP contribution in [0.2, 0.25) is 0 Å². The molecular weight excluding hydrogens is 411 g/mol. The fraction of sp³-hybridized carbons (Fsp3) is 0. The number of nitrogens with zero attached hydrogens (tertiary/aromatic N) is 1. The van der Waals surface area contributed by atoms with Crippen LogP contribution in [0.1, 0.15) is 20.7 Å². The van der Waals surface area contributed by atoms with Crippen molar-refractivity contribution in [2.24, 2.45) is 0 Å². The predicted octanol–water partition coefficient (Wildman–Crippen LogP) is 3.70. The van der Waals surface area contributed by atoms with Crippen molar-refractivity contribution in [2.75, 3.05) is 5.32 Å². The monoisotopic (exact) mass is 416 g/mol. The summed E-state index contributed by atoms with van der Waals surface area (Å²) in [5, 5.41) is 11.7. The Morgan fingerprint density at radius 3 is 2.52 bits per heavy atom. The van der Waals surface area contributed by atoms with Gasteiger partial charge in [0.25, 0.3) is 5.91 Å². The summed E-state index contributed by atoms with van der Waals surface area (Å²) in [7, 11) is 0. The summed E-state index contributed by atoms with van der Waals surface area (Å²) in [5.41, 5.74) is 0.141. The van der Waals surface area contributed by atoms with Gasteiger partial charge >= 0.3 is 5.97 Å². The lowest BCUT2D eigenvalue weighted by atomic mass is 10.1. The van der Waals surface area contributed by atoms with Crippen LogP contribution in [-0.4, -0.2) is 22.0 Å². The summed E-state index contributed by atoms with van der Waals surface area (Å²) in [6.45, 7) is 0. The average Bonchev–Trinajstić information content (AvgIpc) is 2.41.